The number of anilines is 1. The third-order valence-electron chi connectivity index (χ3n) is 3.28. The maximum atomic E-state index is 12.2. The molecule has 0 heterocycles. The second-order valence-corrected chi connectivity index (χ2v) is 4.77. The average Bonchev–Trinajstić information content (AvgIpc) is 2.48. The summed E-state index contributed by atoms with van der Waals surface area (Å²) in [5.41, 5.74) is 14.1. The summed E-state index contributed by atoms with van der Waals surface area (Å²) in [5.74, 6) is -0.695. The van der Waals surface area contributed by atoms with Gasteiger partial charge in [0.15, 0.2) is 0 Å². The zero-order valence-electron chi connectivity index (χ0n) is 11.7. The molecule has 2 rings (SSSR count). The zero-order valence-corrected chi connectivity index (χ0v) is 11.7. The molecule has 0 aliphatic heterocycles. The van der Waals surface area contributed by atoms with E-state index in [1.165, 1.54) is 0 Å². The normalized spacial score (nSPS) is 10.1. The Balaban J connectivity index is 2.09. The number of rotatable bonds is 4. The van der Waals surface area contributed by atoms with Gasteiger partial charge in [0.1, 0.15) is 0 Å². The molecule has 2 aromatic rings. The summed E-state index contributed by atoms with van der Waals surface area (Å²) in [7, 11) is 0. The number of benzene rings is 2. The van der Waals surface area contributed by atoms with E-state index in [2.05, 4.69) is 5.32 Å². The molecule has 5 N–H and O–H groups in total. The largest absolute Gasteiger partial charge is 0.398 e. The fourth-order valence-corrected chi connectivity index (χ4v) is 2.01. The van der Waals surface area contributed by atoms with E-state index in [9.17, 15) is 9.59 Å². The van der Waals surface area contributed by atoms with E-state index in [1.807, 2.05) is 6.07 Å². The Morgan fingerprint density at radius 3 is 2.57 bits per heavy atom. The number of carbonyl (C=O) groups excluding carboxylic acids is 2. The maximum Gasteiger partial charge on any atom is 0.251 e. The summed E-state index contributed by atoms with van der Waals surface area (Å²) < 4.78 is 0. The first-order valence-electron chi connectivity index (χ1n) is 6.51. The first-order valence-corrected chi connectivity index (χ1v) is 6.51. The molecule has 0 fully saturated rings. The minimum atomic E-state index is -0.491. The second kappa shape index (κ2) is 6.09. The van der Waals surface area contributed by atoms with E-state index in [4.69, 9.17) is 11.5 Å². The summed E-state index contributed by atoms with van der Waals surface area (Å²) in [4.78, 5) is 23.3. The van der Waals surface area contributed by atoms with Gasteiger partial charge in [-0.3, -0.25) is 9.59 Å². The highest BCUT2D eigenvalue weighted by atomic mass is 16.2. The fraction of sp³-hybridized carbons (Fsp3) is 0.125. The molecule has 0 spiro atoms. The van der Waals surface area contributed by atoms with Crippen molar-refractivity contribution in [3.63, 3.8) is 0 Å². The molecule has 21 heavy (non-hydrogen) atoms. The Labute approximate surface area is 123 Å². The molecule has 5 nitrogen and oxygen atoms in total. The van der Waals surface area contributed by atoms with Crippen LogP contribution in [-0.4, -0.2) is 11.8 Å². The number of nitrogen functional groups attached to an aromatic ring is 1. The van der Waals surface area contributed by atoms with Crippen LogP contribution in [0.2, 0.25) is 0 Å². The van der Waals surface area contributed by atoms with Gasteiger partial charge in [-0.2, -0.15) is 0 Å². The predicted octanol–water partition coefficient (Wildman–Crippen LogP) is 1.61. The molecule has 0 radical (unpaired) electrons. The van der Waals surface area contributed by atoms with Crippen molar-refractivity contribution >= 4 is 17.5 Å². The third-order valence-corrected chi connectivity index (χ3v) is 3.28. The van der Waals surface area contributed by atoms with Crippen molar-refractivity contribution in [1.29, 1.82) is 0 Å². The number of hydrogen-bond acceptors (Lipinski definition) is 3. The van der Waals surface area contributed by atoms with Gasteiger partial charge in [-0.1, -0.05) is 18.2 Å². The molecule has 0 saturated carbocycles. The summed E-state index contributed by atoms with van der Waals surface area (Å²) in [6.07, 6.45) is 0. The van der Waals surface area contributed by atoms with E-state index in [0.29, 0.717) is 23.4 Å². The first kappa shape index (κ1) is 14.6. The lowest BCUT2D eigenvalue weighted by molar-refractivity contribution is 0.0949. The minimum Gasteiger partial charge on any atom is -0.398 e. The van der Waals surface area contributed by atoms with Crippen molar-refractivity contribution in [3.8, 4) is 0 Å². The molecule has 0 atom stereocenters. The van der Waals surface area contributed by atoms with E-state index in [-0.39, 0.29) is 5.91 Å². The zero-order chi connectivity index (χ0) is 15.4. The highest BCUT2D eigenvalue weighted by Crippen LogP contribution is 2.15. The van der Waals surface area contributed by atoms with Crippen molar-refractivity contribution in [1.82, 2.24) is 5.32 Å². The van der Waals surface area contributed by atoms with Gasteiger partial charge in [-0.05, 0) is 42.3 Å². The fourth-order valence-electron chi connectivity index (χ4n) is 2.01. The van der Waals surface area contributed by atoms with Crippen LogP contribution in [0.5, 0.6) is 0 Å². The molecule has 0 aliphatic carbocycles. The van der Waals surface area contributed by atoms with Crippen LogP contribution in [0.3, 0.4) is 0 Å². The van der Waals surface area contributed by atoms with Crippen LogP contribution < -0.4 is 16.8 Å². The molecule has 0 aliphatic rings. The maximum absolute atomic E-state index is 12.2. The molecule has 108 valence electrons. The lowest BCUT2D eigenvalue weighted by atomic mass is 10.1. The first-order chi connectivity index (χ1) is 9.99. The number of nitrogens with two attached hydrogens (primary N) is 2. The molecule has 0 bridgehead atoms. The van der Waals surface area contributed by atoms with Gasteiger partial charge in [0, 0.05) is 23.4 Å². The SMILES string of the molecule is Cc1c(N)cccc1C(=O)NCc1cccc(C(N)=O)c1. The van der Waals surface area contributed by atoms with Crippen molar-refractivity contribution in [2.45, 2.75) is 13.5 Å². The van der Waals surface area contributed by atoms with Crippen LogP contribution in [0.1, 0.15) is 31.8 Å². The monoisotopic (exact) mass is 283 g/mol. The minimum absolute atomic E-state index is 0.204. The van der Waals surface area contributed by atoms with Gasteiger partial charge < -0.3 is 16.8 Å². The lowest BCUT2D eigenvalue weighted by Gasteiger charge is -2.09. The van der Waals surface area contributed by atoms with Crippen molar-refractivity contribution in [2.75, 3.05) is 5.73 Å². The van der Waals surface area contributed by atoms with Crippen LogP contribution in [0.15, 0.2) is 42.5 Å². The van der Waals surface area contributed by atoms with Crippen LogP contribution in [0.4, 0.5) is 5.69 Å². The van der Waals surface area contributed by atoms with Crippen LogP contribution in [0.25, 0.3) is 0 Å². The summed E-state index contributed by atoms with van der Waals surface area (Å²) in [6.45, 7) is 2.12. The molecular weight excluding hydrogens is 266 g/mol. The van der Waals surface area contributed by atoms with E-state index >= 15 is 0 Å². The molecule has 0 aromatic heterocycles. The van der Waals surface area contributed by atoms with Crippen LogP contribution in [0, 0.1) is 6.92 Å². The highest BCUT2D eigenvalue weighted by molar-refractivity contribution is 5.97. The Kier molecular flexibility index (Phi) is 4.23. The highest BCUT2D eigenvalue weighted by Gasteiger charge is 2.10. The van der Waals surface area contributed by atoms with Crippen LogP contribution >= 0.6 is 0 Å². The van der Waals surface area contributed by atoms with Crippen molar-refractivity contribution in [3.05, 3.63) is 64.7 Å². The number of amides is 2. The van der Waals surface area contributed by atoms with Gasteiger partial charge in [0.25, 0.3) is 5.91 Å². The average molecular weight is 283 g/mol. The van der Waals surface area contributed by atoms with Crippen LogP contribution in [-0.2, 0) is 6.54 Å². The van der Waals surface area contributed by atoms with Gasteiger partial charge in [-0.15, -0.1) is 0 Å². The Morgan fingerprint density at radius 2 is 1.86 bits per heavy atom. The number of carbonyl (C=O) groups is 2. The van der Waals surface area contributed by atoms with Gasteiger partial charge in [0.2, 0.25) is 5.91 Å². The molecule has 2 amide bonds. The summed E-state index contributed by atoms with van der Waals surface area (Å²) in [6, 6.07) is 12.1. The Morgan fingerprint density at radius 1 is 1.14 bits per heavy atom. The Bertz CT molecular complexity index is 696. The quantitative estimate of drug-likeness (QED) is 0.743. The molecule has 0 unspecified atom stereocenters. The number of primary amides is 1. The van der Waals surface area contributed by atoms with E-state index in [0.717, 1.165) is 11.1 Å². The standard InChI is InChI=1S/C16H17N3O2/c1-10-13(6-3-7-14(10)17)16(21)19-9-11-4-2-5-12(8-11)15(18)20/h2-8H,9,17H2,1H3,(H2,18,20)(H,19,21). The summed E-state index contributed by atoms with van der Waals surface area (Å²) >= 11 is 0. The van der Waals surface area contributed by atoms with Crippen molar-refractivity contribution in [2.24, 2.45) is 5.73 Å². The van der Waals surface area contributed by atoms with E-state index in [1.54, 1.807) is 43.3 Å². The predicted molar refractivity (Wildman–Crippen MR) is 81.7 cm³/mol. The van der Waals surface area contributed by atoms with E-state index < -0.39 is 5.91 Å². The molecule has 5 heteroatoms. The van der Waals surface area contributed by atoms with Gasteiger partial charge >= 0.3 is 0 Å². The summed E-state index contributed by atoms with van der Waals surface area (Å²) in [5, 5.41) is 2.80. The molecular formula is C16H17N3O2. The number of nitrogens with one attached hydrogen (secondary N) is 1. The van der Waals surface area contributed by atoms with Gasteiger partial charge in [0.05, 0.1) is 0 Å². The Hall–Kier alpha value is -2.82. The third kappa shape index (κ3) is 3.39. The molecule has 0 saturated heterocycles. The second-order valence-electron chi connectivity index (χ2n) is 4.77. The topological polar surface area (TPSA) is 98.2 Å². The smallest absolute Gasteiger partial charge is 0.251 e. The molecule has 2 aromatic carbocycles. The number of hydrogen-bond donors (Lipinski definition) is 3. The van der Waals surface area contributed by atoms with Gasteiger partial charge in [-0.25, -0.2) is 0 Å². The lowest BCUT2D eigenvalue weighted by Crippen LogP contribution is -2.24. The van der Waals surface area contributed by atoms with Crippen molar-refractivity contribution < 1.29 is 9.59 Å².